The van der Waals surface area contributed by atoms with Crippen molar-refractivity contribution < 1.29 is 23.5 Å². The number of hydrogen-bond donors (Lipinski definition) is 1. The van der Waals surface area contributed by atoms with Crippen LogP contribution in [0.1, 0.15) is 27.9 Å². The summed E-state index contributed by atoms with van der Waals surface area (Å²) in [6, 6.07) is 27.4. The fourth-order valence-corrected chi connectivity index (χ4v) is 4.89. The Kier molecular flexibility index (Phi) is 9.40. The lowest BCUT2D eigenvalue weighted by Gasteiger charge is -2.10. The molecule has 0 bridgehead atoms. The Morgan fingerprint density at radius 3 is 2.47 bits per heavy atom. The summed E-state index contributed by atoms with van der Waals surface area (Å²) in [6.45, 7) is 0.497. The number of halogens is 2. The molecule has 0 spiro atoms. The number of carbonyl (C=O) groups is 2. The van der Waals surface area contributed by atoms with Crippen molar-refractivity contribution in [3.8, 4) is 5.75 Å². The molecule has 0 heterocycles. The highest BCUT2D eigenvalue weighted by atomic mass is 35.5. The summed E-state index contributed by atoms with van der Waals surface area (Å²) >= 11 is 8.08. The molecule has 194 valence electrons. The largest absolute Gasteiger partial charge is 0.489 e. The van der Waals surface area contributed by atoms with Crippen LogP contribution in [-0.4, -0.2) is 19.0 Å². The van der Waals surface area contributed by atoms with E-state index < -0.39 is 11.8 Å². The zero-order chi connectivity index (χ0) is 26.9. The molecule has 4 rings (SSSR count). The Morgan fingerprint density at radius 1 is 0.921 bits per heavy atom. The summed E-state index contributed by atoms with van der Waals surface area (Å²) in [7, 11) is 1.17. The Bertz CT molecular complexity index is 1430. The molecule has 5 nitrogen and oxygen atoms in total. The van der Waals surface area contributed by atoms with Gasteiger partial charge >= 0.3 is 5.97 Å². The fraction of sp³-hybridized carbons (Fsp3) is 0.133. The predicted octanol–water partition coefficient (Wildman–Crippen LogP) is 7.57. The average Bonchev–Trinajstić information content (AvgIpc) is 2.93. The number of anilines is 1. The number of amides is 1. The number of methoxy groups -OCH3 is 1. The average molecular weight is 550 g/mol. The van der Waals surface area contributed by atoms with Crippen molar-refractivity contribution in [1.82, 2.24) is 0 Å². The van der Waals surface area contributed by atoms with Crippen molar-refractivity contribution in [3.05, 3.63) is 119 Å². The van der Waals surface area contributed by atoms with Gasteiger partial charge in [-0.2, -0.15) is 0 Å². The Balaban J connectivity index is 1.32. The van der Waals surface area contributed by atoms with Crippen LogP contribution in [0.5, 0.6) is 5.75 Å². The van der Waals surface area contributed by atoms with Crippen molar-refractivity contribution in [1.29, 1.82) is 0 Å². The number of rotatable bonds is 10. The van der Waals surface area contributed by atoms with E-state index in [-0.39, 0.29) is 17.9 Å². The second kappa shape index (κ2) is 13.1. The summed E-state index contributed by atoms with van der Waals surface area (Å²) in [6.07, 6.45) is 0.585. The first-order valence-corrected chi connectivity index (χ1v) is 13.0. The molecule has 8 heteroatoms. The smallest absolute Gasteiger partial charge is 0.340 e. The number of esters is 1. The Morgan fingerprint density at radius 2 is 1.71 bits per heavy atom. The molecule has 0 saturated heterocycles. The van der Waals surface area contributed by atoms with E-state index in [4.69, 9.17) is 16.3 Å². The minimum atomic E-state index is -0.810. The van der Waals surface area contributed by atoms with Gasteiger partial charge in [-0.25, -0.2) is 9.18 Å². The third-order valence-corrected chi connectivity index (χ3v) is 6.92. The van der Waals surface area contributed by atoms with Crippen molar-refractivity contribution in [2.45, 2.75) is 29.2 Å². The van der Waals surface area contributed by atoms with Crippen LogP contribution in [0.4, 0.5) is 10.1 Å². The van der Waals surface area contributed by atoms with Crippen LogP contribution in [0.15, 0.2) is 101 Å². The van der Waals surface area contributed by atoms with E-state index in [1.807, 2.05) is 72.8 Å². The predicted molar refractivity (Wildman–Crippen MR) is 147 cm³/mol. The molecule has 1 amide bonds. The molecule has 0 saturated carbocycles. The van der Waals surface area contributed by atoms with Gasteiger partial charge in [0.2, 0.25) is 5.91 Å². The number of benzene rings is 4. The molecular formula is C30H25ClFNO4S. The van der Waals surface area contributed by atoms with Gasteiger partial charge in [0.25, 0.3) is 0 Å². The highest BCUT2D eigenvalue weighted by Gasteiger charge is 2.14. The van der Waals surface area contributed by atoms with Crippen LogP contribution in [-0.2, 0) is 22.6 Å². The highest BCUT2D eigenvalue weighted by Crippen LogP contribution is 2.33. The molecule has 1 N–H and O–H groups in total. The highest BCUT2D eigenvalue weighted by molar-refractivity contribution is 7.99. The zero-order valence-electron chi connectivity index (χ0n) is 20.6. The van der Waals surface area contributed by atoms with Crippen LogP contribution in [0.25, 0.3) is 0 Å². The molecule has 0 aliphatic rings. The normalized spacial score (nSPS) is 10.6. The molecule has 4 aromatic rings. The lowest BCUT2D eigenvalue weighted by Crippen LogP contribution is -2.13. The molecule has 0 atom stereocenters. The monoisotopic (exact) mass is 549 g/mol. The van der Waals surface area contributed by atoms with Crippen LogP contribution >= 0.6 is 23.4 Å². The minimum absolute atomic E-state index is 0.165. The van der Waals surface area contributed by atoms with E-state index in [0.717, 1.165) is 32.7 Å². The molecule has 4 aromatic carbocycles. The maximum absolute atomic E-state index is 13.8. The lowest BCUT2D eigenvalue weighted by molar-refractivity contribution is -0.116. The third-order valence-electron chi connectivity index (χ3n) is 5.59. The van der Waals surface area contributed by atoms with Crippen LogP contribution in [0.2, 0.25) is 5.02 Å². The second-order valence-corrected chi connectivity index (χ2v) is 9.89. The quantitative estimate of drug-likeness (QED) is 0.207. The summed E-state index contributed by atoms with van der Waals surface area (Å²) in [5, 5.41) is 3.24. The SMILES string of the molecule is COC(=O)c1cc(NC(=O)CCc2ccc(Sc3cccc(OCc4ccccc4)c3)cc2Cl)ccc1F. The molecule has 0 aliphatic carbocycles. The number of nitrogens with one attached hydrogen (secondary N) is 1. The van der Waals surface area contributed by atoms with Crippen molar-refractivity contribution in [2.24, 2.45) is 0 Å². The van der Waals surface area contributed by atoms with Crippen LogP contribution < -0.4 is 10.1 Å². The molecule has 38 heavy (non-hydrogen) atoms. The molecule has 0 unspecified atom stereocenters. The van der Waals surface area contributed by atoms with Gasteiger partial charge in [0.1, 0.15) is 18.2 Å². The van der Waals surface area contributed by atoms with Crippen LogP contribution in [0, 0.1) is 5.82 Å². The van der Waals surface area contributed by atoms with E-state index in [2.05, 4.69) is 10.1 Å². The maximum Gasteiger partial charge on any atom is 0.340 e. The van der Waals surface area contributed by atoms with Gasteiger partial charge in [0.05, 0.1) is 12.7 Å². The molecule has 0 aliphatic heterocycles. The van der Waals surface area contributed by atoms with Crippen molar-refractivity contribution in [2.75, 3.05) is 12.4 Å². The van der Waals surface area contributed by atoms with E-state index in [0.29, 0.717) is 23.7 Å². The molecule has 0 radical (unpaired) electrons. The van der Waals surface area contributed by atoms with E-state index >= 15 is 0 Å². The topological polar surface area (TPSA) is 64.6 Å². The lowest BCUT2D eigenvalue weighted by atomic mass is 10.1. The molecule has 0 fully saturated rings. The first-order chi connectivity index (χ1) is 18.4. The van der Waals surface area contributed by atoms with Crippen molar-refractivity contribution in [3.63, 3.8) is 0 Å². The van der Waals surface area contributed by atoms with Crippen molar-refractivity contribution >= 4 is 40.9 Å². The standard InChI is InChI=1S/C30H25ClFNO4S/c1-36-30(35)26-16-22(12-14-28(26)32)33-29(34)15-11-21-10-13-25(18-27(21)31)38-24-9-5-8-23(17-24)37-19-20-6-3-2-4-7-20/h2-10,12-14,16-18H,11,15,19H2,1H3,(H,33,34). The summed E-state index contributed by atoms with van der Waals surface area (Å²) < 4.78 is 24.3. The molecule has 0 aromatic heterocycles. The van der Waals surface area contributed by atoms with Gasteiger partial charge in [0, 0.05) is 26.9 Å². The van der Waals surface area contributed by atoms with Gasteiger partial charge in [-0.3, -0.25) is 4.79 Å². The summed E-state index contributed by atoms with van der Waals surface area (Å²) in [5.74, 6) is -1.03. The van der Waals surface area contributed by atoms with E-state index in [1.165, 1.54) is 19.2 Å². The summed E-state index contributed by atoms with van der Waals surface area (Å²) in [4.78, 5) is 26.1. The van der Waals surface area contributed by atoms with Gasteiger partial charge in [0.15, 0.2) is 0 Å². The maximum atomic E-state index is 13.8. The first-order valence-electron chi connectivity index (χ1n) is 11.8. The number of ether oxygens (including phenoxy) is 2. The number of hydrogen-bond acceptors (Lipinski definition) is 5. The third kappa shape index (κ3) is 7.60. The Labute approximate surface area is 229 Å². The van der Waals surface area contributed by atoms with Gasteiger partial charge < -0.3 is 14.8 Å². The summed E-state index contributed by atoms with van der Waals surface area (Å²) in [5.41, 5.74) is 2.00. The minimum Gasteiger partial charge on any atom is -0.489 e. The van der Waals surface area contributed by atoms with Gasteiger partial charge in [-0.05, 0) is 66.1 Å². The fourth-order valence-electron chi connectivity index (χ4n) is 3.64. The first kappa shape index (κ1) is 27.2. The Hall–Kier alpha value is -3.81. The van der Waals surface area contributed by atoms with Crippen LogP contribution in [0.3, 0.4) is 0 Å². The van der Waals surface area contributed by atoms with Gasteiger partial charge in [-0.15, -0.1) is 0 Å². The molecular weight excluding hydrogens is 525 g/mol. The number of carbonyl (C=O) groups excluding carboxylic acids is 2. The number of aryl methyl sites for hydroxylation is 1. The zero-order valence-corrected chi connectivity index (χ0v) is 22.2. The van der Waals surface area contributed by atoms with Gasteiger partial charge in [-0.1, -0.05) is 65.8 Å². The second-order valence-electron chi connectivity index (χ2n) is 8.34. The van der Waals surface area contributed by atoms with E-state index in [1.54, 1.807) is 11.8 Å². The van der Waals surface area contributed by atoms with E-state index in [9.17, 15) is 14.0 Å².